The summed E-state index contributed by atoms with van der Waals surface area (Å²) in [4.78, 5) is 32.5. The molecule has 2 heterocycles. The lowest BCUT2D eigenvalue weighted by molar-refractivity contribution is -0.121. The number of nitrogens with one attached hydrogen (secondary N) is 3. The first-order valence-corrected chi connectivity index (χ1v) is 10.1. The summed E-state index contributed by atoms with van der Waals surface area (Å²) in [6.45, 7) is 6.84. The van der Waals surface area contributed by atoms with Gasteiger partial charge in [0.1, 0.15) is 5.82 Å². The molecule has 7 heteroatoms. The highest BCUT2D eigenvalue weighted by Gasteiger charge is 2.12. The van der Waals surface area contributed by atoms with Gasteiger partial charge in [0.05, 0.1) is 0 Å². The van der Waals surface area contributed by atoms with Crippen LogP contribution in [0.2, 0.25) is 0 Å². The number of benzene rings is 1. The summed E-state index contributed by atoms with van der Waals surface area (Å²) >= 11 is 0. The van der Waals surface area contributed by atoms with Gasteiger partial charge in [-0.15, -0.1) is 0 Å². The number of carbonyl (C=O) groups is 2. The Labute approximate surface area is 176 Å². The molecule has 0 bridgehead atoms. The van der Waals surface area contributed by atoms with E-state index in [1.807, 2.05) is 51.1 Å². The van der Waals surface area contributed by atoms with E-state index in [0.29, 0.717) is 31.2 Å². The van der Waals surface area contributed by atoms with E-state index in [2.05, 4.69) is 25.9 Å². The van der Waals surface area contributed by atoms with E-state index in [0.717, 1.165) is 27.5 Å². The molecule has 2 aromatic heterocycles. The first-order valence-electron chi connectivity index (χ1n) is 10.1. The van der Waals surface area contributed by atoms with Crippen molar-refractivity contribution < 1.29 is 9.59 Å². The van der Waals surface area contributed by atoms with Crippen LogP contribution in [0.25, 0.3) is 21.9 Å². The molecule has 156 valence electrons. The van der Waals surface area contributed by atoms with Crippen LogP contribution in [0.15, 0.2) is 48.9 Å². The number of anilines is 1. The molecule has 1 aromatic carbocycles. The van der Waals surface area contributed by atoms with E-state index in [9.17, 15) is 9.59 Å². The number of urea groups is 1. The van der Waals surface area contributed by atoms with Gasteiger partial charge in [0.15, 0.2) is 0 Å². The van der Waals surface area contributed by atoms with Crippen molar-refractivity contribution in [2.24, 2.45) is 5.92 Å². The van der Waals surface area contributed by atoms with Gasteiger partial charge in [-0.1, -0.05) is 26.0 Å². The van der Waals surface area contributed by atoms with Gasteiger partial charge in [0.25, 0.3) is 0 Å². The van der Waals surface area contributed by atoms with Crippen LogP contribution in [0.1, 0.15) is 32.8 Å². The molecule has 0 unspecified atom stereocenters. The van der Waals surface area contributed by atoms with Gasteiger partial charge in [0, 0.05) is 43.5 Å². The van der Waals surface area contributed by atoms with Crippen molar-refractivity contribution in [2.75, 3.05) is 11.9 Å². The fourth-order valence-corrected chi connectivity index (χ4v) is 3.26. The lowest BCUT2D eigenvalue weighted by atomic mass is 9.96. The summed E-state index contributed by atoms with van der Waals surface area (Å²) in [5.74, 6) is 0.795. The van der Waals surface area contributed by atoms with Crippen LogP contribution in [0, 0.1) is 5.92 Å². The van der Waals surface area contributed by atoms with E-state index in [4.69, 9.17) is 0 Å². The average Bonchev–Trinajstić information content (AvgIpc) is 2.72. The van der Waals surface area contributed by atoms with Gasteiger partial charge in [-0.25, -0.2) is 9.78 Å². The van der Waals surface area contributed by atoms with Gasteiger partial charge in [-0.05, 0) is 53.1 Å². The summed E-state index contributed by atoms with van der Waals surface area (Å²) in [6, 6.07) is 9.47. The SMILES string of the molecule is CCNC(=O)Nc1cc2c(-c3ccncc3)ccc(CNC(=O)CC(C)C)c2cn1. The first-order chi connectivity index (χ1) is 14.5. The van der Waals surface area contributed by atoms with E-state index >= 15 is 0 Å². The van der Waals surface area contributed by atoms with Crippen molar-refractivity contribution in [1.29, 1.82) is 0 Å². The topological polar surface area (TPSA) is 96.0 Å². The normalized spacial score (nSPS) is 10.8. The lowest BCUT2D eigenvalue weighted by Crippen LogP contribution is -2.28. The predicted molar refractivity (Wildman–Crippen MR) is 119 cm³/mol. The van der Waals surface area contributed by atoms with Crippen molar-refractivity contribution in [3.8, 4) is 11.1 Å². The van der Waals surface area contributed by atoms with E-state index < -0.39 is 0 Å². The zero-order valence-electron chi connectivity index (χ0n) is 17.5. The van der Waals surface area contributed by atoms with Gasteiger partial charge in [0.2, 0.25) is 5.91 Å². The van der Waals surface area contributed by atoms with E-state index in [1.165, 1.54) is 0 Å². The minimum atomic E-state index is -0.299. The molecule has 0 aliphatic heterocycles. The molecule has 7 nitrogen and oxygen atoms in total. The lowest BCUT2D eigenvalue weighted by Gasteiger charge is -2.14. The number of pyridine rings is 2. The Bertz CT molecular complexity index is 1030. The molecule has 0 aliphatic carbocycles. The van der Waals surface area contributed by atoms with Gasteiger partial charge in [-0.3, -0.25) is 15.1 Å². The summed E-state index contributed by atoms with van der Waals surface area (Å²) in [7, 11) is 0. The largest absolute Gasteiger partial charge is 0.352 e. The molecule has 3 N–H and O–H groups in total. The standard InChI is InChI=1S/C23H27N5O2/c1-4-25-23(30)28-21-12-19-18(16-7-9-24-10-8-16)6-5-17(20(19)14-26-21)13-27-22(29)11-15(2)3/h5-10,12,14-15H,4,11,13H2,1-3H3,(H,27,29)(H2,25,26,28,30). The zero-order valence-corrected chi connectivity index (χ0v) is 17.5. The predicted octanol–water partition coefficient (Wildman–Crippen LogP) is 4.10. The Balaban J connectivity index is 1.99. The number of hydrogen-bond donors (Lipinski definition) is 3. The second-order valence-corrected chi connectivity index (χ2v) is 7.48. The van der Waals surface area contributed by atoms with Crippen LogP contribution in [0.5, 0.6) is 0 Å². The third-order valence-electron chi connectivity index (χ3n) is 4.63. The van der Waals surface area contributed by atoms with Crippen molar-refractivity contribution >= 4 is 28.5 Å². The highest BCUT2D eigenvalue weighted by molar-refractivity contribution is 6.00. The van der Waals surface area contributed by atoms with Crippen LogP contribution in [0.3, 0.4) is 0 Å². The molecule has 0 fully saturated rings. The monoisotopic (exact) mass is 405 g/mol. The second kappa shape index (κ2) is 9.82. The molecule has 30 heavy (non-hydrogen) atoms. The van der Waals surface area contributed by atoms with Gasteiger partial charge >= 0.3 is 6.03 Å². The van der Waals surface area contributed by atoms with Crippen molar-refractivity contribution in [2.45, 2.75) is 33.7 Å². The summed E-state index contributed by atoms with van der Waals surface area (Å²) in [5, 5.41) is 10.3. The summed E-state index contributed by atoms with van der Waals surface area (Å²) < 4.78 is 0. The maximum absolute atomic E-state index is 12.1. The van der Waals surface area contributed by atoms with Crippen molar-refractivity contribution in [3.05, 3.63) is 54.5 Å². The molecular weight excluding hydrogens is 378 g/mol. The summed E-state index contributed by atoms with van der Waals surface area (Å²) in [6.07, 6.45) is 5.73. The van der Waals surface area contributed by atoms with E-state index in [-0.39, 0.29) is 11.9 Å². The van der Waals surface area contributed by atoms with Crippen LogP contribution in [-0.2, 0) is 11.3 Å². The Kier molecular flexibility index (Phi) is 6.95. The van der Waals surface area contributed by atoms with E-state index in [1.54, 1.807) is 18.6 Å². The molecule has 3 amide bonds. The van der Waals surface area contributed by atoms with Crippen molar-refractivity contribution in [1.82, 2.24) is 20.6 Å². The van der Waals surface area contributed by atoms with Crippen molar-refractivity contribution in [3.63, 3.8) is 0 Å². The summed E-state index contributed by atoms with van der Waals surface area (Å²) in [5.41, 5.74) is 2.99. The van der Waals surface area contributed by atoms with Crippen LogP contribution < -0.4 is 16.0 Å². The molecule has 3 rings (SSSR count). The smallest absolute Gasteiger partial charge is 0.320 e. The molecule has 0 radical (unpaired) electrons. The number of hydrogen-bond acceptors (Lipinski definition) is 4. The quantitative estimate of drug-likeness (QED) is 0.551. The van der Waals surface area contributed by atoms with Gasteiger partial charge < -0.3 is 10.6 Å². The fourth-order valence-electron chi connectivity index (χ4n) is 3.26. The molecular formula is C23H27N5O2. The van der Waals surface area contributed by atoms with Crippen LogP contribution >= 0.6 is 0 Å². The Morgan fingerprint density at radius 2 is 1.80 bits per heavy atom. The molecule has 0 saturated carbocycles. The minimum Gasteiger partial charge on any atom is -0.352 e. The third kappa shape index (κ3) is 5.31. The zero-order chi connectivity index (χ0) is 21.5. The molecule has 0 spiro atoms. The molecule has 0 saturated heterocycles. The molecule has 3 aromatic rings. The maximum Gasteiger partial charge on any atom is 0.320 e. The number of carbonyl (C=O) groups excluding carboxylic acids is 2. The highest BCUT2D eigenvalue weighted by atomic mass is 16.2. The Hall–Kier alpha value is -3.48. The average molecular weight is 406 g/mol. The van der Waals surface area contributed by atoms with Crippen LogP contribution in [-0.4, -0.2) is 28.5 Å². The number of nitrogens with zero attached hydrogens (tertiary/aromatic N) is 2. The Morgan fingerprint density at radius 1 is 1.03 bits per heavy atom. The molecule has 0 atom stereocenters. The van der Waals surface area contributed by atoms with Gasteiger partial charge in [-0.2, -0.15) is 0 Å². The minimum absolute atomic E-state index is 0.0267. The Morgan fingerprint density at radius 3 is 2.50 bits per heavy atom. The third-order valence-corrected chi connectivity index (χ3v) is 4.63. The number of amides is 3. The fraction of sp³-hybridized carbons (Fsp3) is 0.304. The number of aromatic nitrogens is 2. The first kappa shape index (κ1) is 21.2. The highest BCUT2D eigenvalue weighted by Crippen LogP contribution is 2.31. The maximum atomic E-state index is 12.1. The number of fused-ring (bicyclic) bond motifs is 1. The second-order valence-electron chi connectivity index (χ2n) is 7.48. The number of rotatable bonds is 7. The van der Waals surface area contributed by atoms with Crippen LogP contribution in [0.4, 0.5) is 10.6 Å². The molecule has 0 aliphatic rings.